The molecule has 0 fully saturated rings. The number of guanidine groups is 1. The second-order valence-corrected chi connectivity index (χ2v) is 6.05. The van der Waals surface area contributed by atoms with Crippen LogP contribution in [0, 0.1) is 0 Å². The van der Waals surface area contributed by atoms with Gasteiger partial charge in [0.05, 0.1) is 12.6 Å². The number of anilines is 1. The standard InChI is InChI=1S/C20H25N3O/c1-3-15(2)24-19(16-7-5-4-6-8-16)17-9-11-18(12-10-17)23-20-21-13-14-22-20/h4-12,15,19H,3,13-14H2,1-2H3,(H2,21,22,23). The molecule has 0 saturated heterocycles. The maximum absolute atomic E-state index is 6.29. The summed E-state index contributed by atoms with van der Waals surface area (Å²) in [5.74, 6) is 0.846. The highest BCUT2D eigenvalue weighted by Crippen LogP contribution is 2.28. The molecule has 3 rings (SSSR count). The predicted octanol–water partition coefficient (Wildman–Crippen LogP) is 3.96. The first kappa shape index (κ1) is 16.5. The summed E-state index contributed by atoms with van der Waals surface area (Å²) in [6, 6.07) is 18.8. The summed E-state index contributed by atoms with van der Waals surface area (Å²) in [6.07, 6.45) is 1.16. The van der Waals surface area contributed by atoms with Gasteiger partial charge in [-0.1, -0.05) is 49.4 Å². The van der Waals surface area contributed by atoms with Crippen molar-refractivity contribution in [3.63, 3.8) is 0 Å². The highest BCUT2D eigenvalue weighted by atomic mass is 16.5. The third-order valence-corrected chi connectivity index (χ3v) is 4.20. The second kappa shape index (κ2) is 7.97. The van der Waals surface area contributed by atoms with Gasteiger partial charge in [-0.3, -0.25) is 4.99 Å². The Labute approximate surface area is 144 Å². The van der Waals surface area contributed by atoms with Crippen LogP contribution in [0.3, 0.4) is 0 Å². The third-order valence-electron chi connectivity index (χ3n) is 4.20. The van der Waals surface area contributed by atoms with Crippen LogP contribution in [0.4, 0.5) is 5.69 Å². The molecular formula is C20H25N3O. The molecule has 1 aliphatic rings. The van der Waals surface area contributed by atoms with Gasteiger partial charge >= 0.3 is 0 Å². The van der Waals surface area contributed by atoms with Gasteiger partial charge in [0.1, 0.15) is 6.10 Å². The lowest BCUT2D eigenvalue weighted by atomic mass is 10.0. The molecule has 0 bridgehead atoms. The molecular weight excluding hydrogens is 298 g/mol. The molecule has 2 atom stereocenters. The zero-order valence-corrected chi connectivity index (χ0v) is 14.3. The number of hydrogen-bond acceptors (Lipinski definition) is 4. The molecule has 0 spiro atoms. The van der Waals surface area contributed by atoms with Gasteiger partial charge in [-0.05, 0) is 36.6 Å². The Morgan fingerprint density at radius 3 is 2.42 bits per heavy atom. The molecule has 2 aromatic rings. The van der Waals surface area contributed by atoms with Gasteiger partial charge in [-0.25, -0.2) is 0 Å². The van der Waals surface area contributed by atoms with Crippen LogP contribution in [0.1, 0.15) is 37.5 Å². The molecule has 4 nitrogen and oxygen atoms in total. The van der Waals surface area contributed by atoms with Crippen LogP contribution in [0.2, 0.25) is 0 Å². The first-order valence-electron chi connectivity index (χ1n) is 8.62. The van der Waals surface area contributed by atoms with Crippen LogP contribution in [0.25, 0.3) is 0 Å². The van der Waals surface area contributed by atoms with E-state index < -0.39 is 0 Å². The molecule has 1 aliphatic heterocycles. The molecule has 4 heteroatoms. The van der Waals surface area contributed by atoms with Crippen LogP contribution in [-0.2, 0) is 4.74 Å². The van der Waals surface area contributed by atoms with Gasteiger partial charge in [0.25, 0.3) is 0 Å². The first-order valence-corrected chi connectivity index (χ1v) is 8.62. The van der Waals surface area contributed by atoms with E-state index in [4.69, 9.17) is 4.74 Å². The fourth-order valence-corrected chi connectivity index (χ4v) is 2.67. The minimum Gasteiger partial charge on any atom is -0.366 e. The lowest BCUT2D eigenvalue weighted by Crippen LogP contribution is -2.26. The van der Waals surface area contributed by atoms with Crippen LogP contribution in [0.15, 0.2) is 59.6 Å². The van der Waals surface area contributed by atoms with Gasteiger partial charge in [0.15, 0.2) is 5.96 Å². The molecule has 0 saturated carbocycles. The van der Waals surface area contributed by atoms with Crippen molar-refractivity contribution in [3.05, 3.63) is 65.7 Å². The number of ether oxygens (including phenoxy) is 1. The van der Waals surface area contributed by atoms with Crippen molar-refractivity contribution in [3.8, 4) is 0 Å². The minimum absolute atomic E-state index is 0.0443. The van der Waals surface area contributed by atoms with Crippen molar-refractivity contribution in [2.45, 2.75) is 32.5 Å². The van der Waals surface area contributed by atoms with E-state index in [9.17, 15) is 0 Å². The molecule has 126 valence electrons. The Bertz CT molecular complexity index is 667. The number of hydrogen-bond donors (Lipinski definition) is 2. The summed E-state index contributed by atoms with van der Waals surface area (Å²) in [4.78, 5) is 4.36. The van der Waals surface area contributed by atoms with E-state index in [0.717, 1.165) is 36.7 Å². The van der Waals surface area contributed by atoms with Gasteiger partial charge in [0, 0.05) is 12.2 Å². The van der Waals surface area contributed by atoms with E-state index in [2.05, 4.69) is 78.0 Å². The Balaban J connectivity index is 1.79. The topological polar surface area (TPSA) is 45.6 Å². The summed E-state index contributed by atoms with van der Waals surface area (Å²) in [5.41, 5.74) is 3.37. The van der Waals surface area contributed by atoms with Crippen molar-refractivity contribution in [2.75, 3.05) is 18.4 Å². The fraction of sp³-hybridized carbons (Fsp3) is 0.350. The smallest absolute Gasteiger partial charge is 0.195 e. The average Bonchev–Trinajstić information content (AvgIpc) is 3.14. The maximum atomic E-state index is 6.29. The molecule has 24 heavy (non-hydrogen) atoms. The predicted molar refractivity (Wildman–Crippen MR) is 99.5 cm³/mol. The quantitative estimate of drug-likeness (QED) is 0.846. The fourth-order valence-electron chi connectivity index (χ4n) is 2.67. The van der Waals surface area contributed by atoms with Crippen molar-refractivity contribution in [1.29, 1.82) is 0 Å². The van der Waals surface area contributed by atoms with Gasteiger partial charge in [0.2, 0.25) is 0 Å². The minimum atomic E-state index is -0.0443. The van der Waals surface area contributed by atoms with Crippen LogP contribution in [-0.4, -0.2) is 25.2 Å². The lowest BCUT2D eigenvalue weighted by molar-refractivity contribution is 0.0174. The number of nitrogens with zero attached hydrogens (tertiary/aromatic N) is 1. The molecule has 0 aromatic heterocycles. The summed E-state index contributed by atoms with van der Waals surface area (Å²) < 4.78 is 6.29. The monoisotopic (exact) mass is 323 g/mol. The van der Waals surface area contributed by atoms with E-state index in [0.29, 0.717) is 0 Å². The zero-order valence-electron chi connectivity index (χ0n) is 14.3. The molecule has 2 aromatic carbocycles. The Morgan fingerprint density at radius 2 is 1.79 bits per heavy atom. The summed E-state index contributed by atoms with van der Waals surface area (Å²) >= 11 is 0. The highest BCUT2D eigenvalue weighted by Gasteiger charge is 2.17. The van der Waals surface area contributed by atoms with Gasteiger partial charge < -0.3 is 15.4 Å². The van der Waals surface area contributed by atoms with Crippen LogP contribution in [0.5, 0.6) is 0 Å². The average molecular weight is 323 g/mol. The van der Waals surface area contributed by atoms with E-state index in [1.54, 1.807) is 0 Å². The number of nitrogens with one attached hydrogen (secondary N) is 2. The van der Waals surface area contributed by atoms with Gasteiger partial charge in [-0.2, -0.15) is 0 Å². The zero-order chi connectivity index (χ0) is 16.8. The normalized spacial score (nSPS) is 16.2. The molecule has 2 unspecified atom stereocenters. The van der Waals surface area contributed by atoms with Crippen LogP contribution >= 0.6 is 0 Å². The number of rotatable bonds is 6. The Morgan fingerprint density at radius 1 is 1.08 bits per heavy atom. The largest absolute Gasteiger partial charge is 0.366 e. The van der Waals surface area contributed by atoms with Crippen LogP contribution < -0.4 is 10.6 Å². The van der Waals surface area contributed by atoms with Crippen molar-refractivity contribution in [2.24, 2.45) is 4.99 Å². The molecule has 0 aliphatic carbocycles. The maximum Gasteiger partial charge on any atom is 0.195 e. The Hall–Kier alpha value is -2.33. The third kappa shape index (κ3) is 4.15. The van der Waals surface area contributed by atoms with E-state index >= 15 is 0 Å². The summed E-state index contributed by atoms with van der Waals surface area (Å²) in [6.45, 7) is 6.00. The van der Waals surface area contributed by atoms with Crippen molar-refractivity contribution >= 4 is 11.6 Å². The van der Waals surface area contributed by atoms with Crippen molar-refractivity contribution < 1.29 is 4.74 Å². The number of benzene rings is 2. The highest BCUT2D eigenvalue weighted by molar-refractivity contribution is 5.94. The SMILES string of the molecule is CCC(C)OC(c1ccccc1)c1ccc(NC2=NCCN2)cc1. The molecule has 1 heterocycles. The Kier molecular flexibility index (Phi) is 5.49. The van der Waals surface area contributed by atoms with Gasteiger partial charge in [-0.15, -0.1) is 0 Å². The van der Waals surface area contributed by atoms with Crippen molar-refractivity contribution in [1.82, 2.24) is 5.32 Å². The van der Waals surface area contributed by atoms with E-state index in [1.807, 2.05) is 6.07 Å². The molecule has 2 N–H and O–H groups in total. The summed E-state index contributed by atoms with van der Waals surface area (Å²) in [7, 11) is 0. The second-order valence-electron chi connectivity index (χ2n) is 6.05. The summed E-state index contributed by atoms with van der Waals surface area (Å²) in [5, 5.41) is 6.51. The molecule has 0 radical (unpaired) electrons. The van der Waals surface area contributed by atoms with E-state index in [-0.39, 0.29) is 12.2 Å². The first-order chi connectivity index (χ1) is 11.8. The molecule has 0 amide bonds. The number of aliphatic imine (C=N–C) groups is 1. The lowest BCUT2D eigenvalue weighted by Gasteiger charge is -2.23. The van der Waals surface area contributed by atoms with E-state index in [1.165, 1.54) is 5.56 Å².